The minimum atomic E-state index is -3.71. The number of hydrogen-bond donors (Lipinski definition) is 2. The van der Waals surface area contributed by atoms with E-state index in [1.807, 2.05) is 0 Å². The van der Waals surface area contributed by atoms with Gasteiger partial charge >= 0.3 is 5.97 Å². The summed E-state index contributed by atoms with van der Waals surface area (Å²) in [6.45, 7) is -0.572. The van der Waals surface area contributed by atoms with Crippen molar-refractivity contribution in [2.24, 2.45) is 0 Å². The third-order valence-corrected chi connectivity index (χ3v) is 8.11. The number of non-ortho nitro benzene ring substituents is 1. The number of ether oxygens (including phenoxy) is 1. The molecule has 36 heavy (non-hydrogen) atoms. The molecule has 0 atom stereocenters. The first-order valence-corrected chi connectivity index (χ1v) is 13.3. The first-order valence-electron chi connectivity index (χ1n) is 10.0. The molecule has 4 rings (SSSR count). The number of benzene rings is 2. The van der Waals surface area contributed by atoms with Gasteiger partial charge in [-0.1, -0.05) is 18.2 Å². The summed E-state index contributed by atoms with van der Waals surface area (Å²) in [6.07, 6.45) is 0. The number of thiazole rings is 1. The number of nitrogens with one attached hydrogen (secondary N) is 2. The summed E-state index contributed by atoms with van der Waals surface area (Å²) < 4.78 is 32.1. The maximum absolute atomic E-state index is 12.3. The minimum absolute atomic E-state index is 0.0778. The number of nitro benzene ring substituents is 1. The van der Waals surface area contributed by atoms with Crippen LogP contribution in [0.25, 0.3) is 11.3 Å². The van der Waals surface area contributed by atoms with Gasteiger partial charge in [-0.05, 0) is 35.7 Å². The predicted octanol–water partition coefficient (Wildman–Crippen LogP) is 4.38. The van der Waals surface area contributed by atoms with Crippen LogP contribution in [-0.4, -0.2) is 36.8 Å². The van der Waals surface area contributed by atoms with E-state index in [-0.39, 0.29) is 26.3 Å². The maximum atomic E-state index is 12.3. The molecule has 0 aliphatic carbocycles. The molecule has 0 radical (unpaired) electrons. The normalized spacial score (nSPS) is 11.0. The van der Waals surface area contributed by atoms with Gasteiger partial charge in [-0.15, -0.1) is 22.7 Å². The Morgan fingerprint density at radius 3 is 2.53 bits per heavy atom. The number of hydrogen-bond acceptors (Lipinski definition) is 10. The molecule has 11 nitrogen and oxygen atoms in total. The Bertz CT molecular complexity index is 1520. The van der Waals surface area contributed by atoms with Crippen molar-refractivity contribution in [2.75, 3.05) is 16.6 Å². The van der Waals surface area contributed by atoms with Gasteiger partial charge in [0.15, 0.2) is 11.7 Å². The highest BCUT2D eigenvalue weighted by atomic mass is 32.2. The van der Waals surface area contributed by atoms with Crippen LogP contribution < -0.4 is 10.0 Å². The average molecular weight is 545 g/mol. The van der Waals surface area contributed by atoms with E-state index in [9.17, 15) is 28.1 Å². The number of amides is 1. The van der Waals surface area contributed by atoms with Gasteiger partial charge in [-0.2, -0.15) is 0 Å². The quantitative estimate of drug-likeness (QED) is 0.179. The van der Waals surface area contributed by atoms with E-state index >= 15 is 0 Å². The summed E-state index contributed by atoms with van der Waals surface area (Å²) in [6, 6.07) is 14.6. The van der Waals surface area contributed by atoms with Gasteiger partial charge in [0.05, 0.1) is 16.2 Å². The van der Waals surface area contributed by atoms with Gasteiger partial charge in [-0.3, -0.25) is 24.9 Å². The second-order valence-electron chi connectivity index (χ2n) is 7.08. The second kappa shape index (κ2) is 10.6. The Kier molecular flexibility index (Phi) is 7.38. The van der Waals surface area contributed by atoms with E-state index in [1.165, 1.54) is 48.5 Å². The summed E-state index contributed by atoms with van der Waals surface area (Å²) >= 11 is 2.19. The van der Waals surface area contributed by atoms with Crippen molar-refractivity contribution >= 4 is 61.1 Å². The van der Waals surface area contributed by atoms with Crippen LogP contribution in [0.3, 0.4) is 0 Å². The topological polar surface area (TPSA) is 158 Å². The highest BCUT2D eigenvalue weighted by Gasteiger charge is 2.17. The lowest BCUT2D eigenvalue weighted by molar-refractivity contribution is -0.384. The Hall–Kier alpha value is -4.14. The molecule has 4 aromatic rings. The van der Waals surface area contributed by atoms with Crippen molar-refractivity contribution in [1.82, 2.24) is 4.98 Å². The molecule has 0 saturated carbocycles. The Balaban J connectivity index is 1.30. The van der Waals surface area contributed by atoms with Crippen molar-refractivity contribution < 1.29 is 27.7 Å². The van der Waals surface area contributed by atoms with Crippen LogP contribution in [0.4, 0.5) is 16.5 Å². The van der Waals surface area contributed by atoms with Gasteiger partial charge in [-0.25, -0.2) is 18.2 Å². The summed E-state index contributed by atoms with van der Waals surface area (Å²) in [5.74, 6) is -1.39. The molecule has 0 bridgehead atoms. The molecule has 14 heteroatoms. The fraction of sp³-hybridized carbons (Fsp3) is 0.0455. The third-order valence-electron chi connectivity index (χ3n) is 4.57. The summed E-state index contributed by atoms with van der Waals surface area (Å²) in [4.78, 5) is 39.1. The SMILES string of the molecule is O=C(COC(=O)c1ccc(NS(=O)(=O)c2cccs2)cc1)Nc1nc(-c2cccc([N+](=O)[O-])c2)cs1. The summed E-state index contributed by atoms with van der Waals surface area (Å²) in [5.41, 5.74) is 1.29. The number of rotatable bonds is 9. The van der Waals surface area contributed by atoms with E-state index in [2.05, 4.69) is 15.0 Å². The van der Waals surface area contributed by atoms with E-state index in [0.717, 1.165) is 22.7 Å². The van der Waals surface area contributed by atoms with Crippen molar-refractivity contribution in [1.29, 1.82) is 0 Å². The largest absolute Gasteiger partial charge is 0.452 e. The van der Waals surface area contributed by atoms with E-state index in [0.29, 0.717) is 11.3 Å². The van der Waals surface area contributed by atoms with Gasteiger partial charge in [0.1, 0.15) is 4.21 Å². The van der Waals surface area contributed by atoms with Crippen LogP contribution in [-0.2, 0) is 19.6 Å². The van der Waals surface area contributed by atoms with Crippen molar-refractivity contribution in [3.05, 3.63) is 87.1 Å². The number of aromatic nitrogens is 1. The Labute approximate surface area is 212 Å². The third kappa shape index (κ3) is 6.10. The van der Waals surface area contributed by atoms with Crippen LogP contribution in [0, 0.1) is 10.1 Å². The average Bonchev–Trinajstić information content (AvgIpc) is 3.56. The summed E-state index contributed by atoms with van der Waals surface area (Å²) in [5, 5.41) is 17.0. The van der Waals surface area contributed by atoms with E-state index in [4.69, 9.17) is 4.74 Å². The summed E-state index contributed by atoms with van der Waals surface area (Å²) in [7, 11) is -3.71. The minimum Gasteiger partial charge on any atom is -0.452 e. The smallest absolute Gasteiger partial charge is 0.338 e. The molecule has 1 amide bonds. The van der Waals surface area contributed by atoms with Gasteiger partial charge in [0.2, 0.25) is 0 Å². The van der Waals surface area contributed by atoms with E-state index < -0.39 is 33.4 Å². The fourth-order valence-corrected chi connectivity index (χ4v) is 5.70. The fourth-order valence-electron chi connectivity index (χ4n) is 2.91. The lowest BCUT2D eigenvalue weighted by atomic mass is 10.1. The standard InChI is InChI=1S/C22H16N4O7S3/c27-19(24-22-23-18(13-35-22)15-3-1-4-17(11-15)26(29)30)12-33-21(28)14-6-8-16(9-7-14)25-36(31,32)20-5-2-10-34-20/h1-11,13,25H,12H2,(H,23,24,27). The van der Waals surface area contributed by atoms with E-state index in [1.54, 1.807) is 22.9 Å². The number of thiophene rings is 1. The molecule has 0 aliphatic heterocycles. The zero-order valence-corrected chi connectivity index (χ0v) is 20.6. The number of nitrogens with zero attached hydrogens (tertiary/aromatic N) is 2. The number of nitro groups is 1. The van der Waals surface area contributed by atoms with Crippen molar-refractivity contribution in [3.8, 4) is 11.3 Å². The number of esters is 1. The van der Waals surface area contributed by atoms with Crippen LogP contribution in [0.15, 0.2) is 75.6 Å². The monoisotopic (exact) mass is 544 g/mol. The van der Waals surface area contributed by atoms with Crippen LogP contribution >= 0.6 is 22.7 Å². The molecule has 184 valence electrons. The number of carbonyl (C=O) groups is 2. The highest BCUT2D eigenvalue weighted by Crippen LogP contribution is 2.27. The first-order chi connectivity index (χ1) is 17.2. The van der Waals surface area contributed by atoms with Crippen molar-refractivity contribution in [2.45, 2.75) is 4.21 Å². The first kappa shape index (κ1) is 25.0. The lowest BCUT2D eigenvalue weighted by Gasteiger charge is -2.08. The predicted molar refractivity (Wildman–Crippen MR) is 135 cm³/mol. The van der Waals surface area contributed by atoms with Gasteiger partial charge in [0.25, 0.3) is 21.6 Å². The number of anilines is 2. The molecular formula is C22H16N4O7S3. The van der Waals surface area contributed by atoms with Crippen LogP contribution in [0.1, 0.15) is 10.4 Å². The Morgan fingerprint density at radius 2 is 1.83 bits per heavy atom. The molecule has 0 saturated heterocycles. The zero-order valence-electron chi connectivity index (χ0n) is 18.1. The molecule has 2 aromatic heterocycles. The zero-order chi connectivity index (χ0) is 25.7. The molecule has 0 unspecified atom stereocenters. The Morgan fingerprint density at radius 1 is 1.06 bits per heavy atom. The molecule has 2 aromatic carbocycles. The lowest BCUT2D eigenvalue weighted by Crippen LogP contribution is -2.20. The van der Waals surface area contributed by atoms with Gasteiger partial charge < -0.3 is 4.74 Å². The molecule has 2 heterocycles. The van der Waals surface area contributed by atoms with Crippen molar-refractivity contribution in [3.63, 3.8) is 0 Å². The molecule has 0 spiro atoms. The molecular weight excluding hydrogens is 528 g/mol. The molecule has 0 fully saturated rings. The maximum Gasteiger partial charge on any atom is 0.338 e. The second-order valence-corrected chi connectivity index (χ2v) is 10.8. The highest BCUT2D eigenvalue weighted by molar-refractivity contribution is 7.94. The van der Waals surface area contributed by atoms with Crippen LogP contribution in [0.2, 0.25) is 0 Å². The number of carbonyl (C=O) groups excluding carboxylic acids is 2. The van der Waals surface area contributed by atoms with Gasteiger partial charge in [0, 0.05) is 28.8 Å². The number of sulfonamides is 1. The molecule has 2 N–H and O–H groups in total. The molecule has 0 aliphatic rings. The van der Waals surface area contributed by atoms with Crippen LogP contribution in [0.5, 0.6) is 0 Å².